The molecule has 54 heavy (non-hydrogen) atoms. The fourth-order valence-electron chi connectivity index (χ4n) is 5.25. The molecule has 0 radical (unpaired) electrons. The lowest BCUT2D eigenvalue weighted by molar-refractivity contribution is -0.161. The second kappa shape index (κ2) is 36.5. The van der Waals surface area contributed by atoms with Crippen molar-refractivity contribution in [3.8, 4) is 0 Å². The van der Waals surface area contributed by atoms with Crippen LogP contribution in [0.2, 0.25) is 0 Å². The summed E-state index contributed by atoms with van der Waals surface area (Å²) in [5.41, 5.74) is 0. The van der Waals surface area contributed by atoms with E-state index in [1.54, 1.807) is 0 Å². The average molecular weight is 787 g/mol. The standard InChI is InChI=1S/C42H75O11P/c1-37(2)29-25-21-17-13-11-12-16-20-24-28-32-42(47)53-40(36-52-54(48,49)51-34-39(45)33-43)35-50-41(46)31-27-23-19-15-10-8-6-4-5-7-9-14-18-22-26-30-38(3)44/h5-8,14-15,18-19,37-40,43-45H,4,9-13,16-17,20-36H2,1-3H3,(H,48,49)/b7-5-,8-6-,18-14-,19-15-/t38-,39+,40-/m1/s1. The van der Waals surface area contributed by atoms with E-state index in [4.69, 9.17) is 19.1 Å². The molecule has 11 nitrogen and oxygen atoms in total. The van der Waals surface area contributed by atoms with Crippen molar-refractivity contribution in [3.05, 3.63) is 48.6 Å². The maximum absolute atomic E-state index is 12.6. The number of allylic oxidation sites excluding steroid dienone is 8. The number of ether oxygens (including phenoxy) is 2. The maximum atomic E-state index is 12.6. The lowest BCUT2D eigenvalue weighted by Gasteiger charge is -2.20. The van der Waals surface area contributed by atoms with Crippen LogP contribution in [0, 0.1) is 5.92 Å². The number of aliphatic hydroxyl groups is 3. The zero-order valence-electron chi connectivity index (χ0n) is 33.7. The van der Waals surface area contributed by atoms with Crippen LogP contribution >= 0.6 is 7.82 Å². The van der Waals surface area contributed by atoms with Crippen LogP contribution in [0.3, 0.4) is 0 Å². The highest BCUT2D eigenvalue weighted by molar-refractivity contribution is 7.47. The van der Waals surface area contributed by atoms with Gasteiger partial charge in [-0.25, -0.2) is 4.57 Å². The molecule has 0 rings (SSSR count). The van der Waals surface area contributed by atoms with Gasteiger partial charge in [-0.3, -0.25) is 18.6 Å². The number of rotatable bonds is 37. The average Bonchev–Trinajstić information content (AvgIpc) is 3.13. The Morgan fingerprint density at radius 3 is 1.61 bits per heavy atom. The summed E-state index contributed by atoms with van der Waals surface area (Å²) >= 11 is 0. The van der Waals surface area contributed by atoms with E-state index < -0.39 is 51.8 Å². The van der Waals surface area contributed by atoms with Crippen molar-refractivity contribution in [1.29, 1.82) is 0 Å². The van der Waals surface area contributed by atoms with Crippen LogP contribution in [0.1, 0.15) is 156 Å². The molecule has 314 valence electrons. The van der Waals surface area contributed by atoms with Gasteiger partial charge in [-0.15, -0.1) is 0 Å². The van der Waals surface area contributed by atoms with E-state index in [9.17, 15) is 29.3 Å². The Labute approximate surface area is 326 Å². The Bertz CT molecular complexity index is 1070. The van der Waals surface area contributed by atoms with Crippen molar-refractivity contribution in [1.82, 2.24) is 0 Å². The predicted molar refractivity (Wildman–Crippen MR) is 216 cm³/mol. The first-order valence-electron chi connectivity index (χ1n) is 20.5. The molecule has 4 N–H and O–H groups in total. The molecule has 0 spiro atoms. The summed E-state index contributed by atoms with van der Waals surface area (Å²) in [5.74, 6) is -0.231. The summed E-state index contributed by atoms with van der Waals surface area (Å²) in [5, 5.41) is 27.6. The number of unbranched alkanes of at least 4 members (excludes halogenated alkanes) is 11. The molecule has 12 heteroatoms. The fourth-order valence-corrected chi connectivity index (χ4v) is 6.04. The third kappa shape index (κ3) is 38.2. The highest BCUT2D eigenvalue weighted by Gasteiger charge is 2.27. The molecule has 0 aromatic carbocycles. The summed E-state index contributed by atoms with van der Waals surface area (Å²) in [6, 6.07) is 0. The number of hydrogen-bond acceptors (Lipinski definition) is 10. The first-order valence-corrected chi connectivity index (χ1v) is 22.0. The van der Waals surface area contributed by atoms with E-state index in [0.29, 0.717) is 19.3 Å². The van der Waals surface area contributed by atoms with Gasteiger partial charge in [0.15, 0.2) is 6.10 Å². The second-order valence-electron chi connectivity index (χ2n) is 14.4. The predicted octanol–water partition coefficient (Wildman–Crippen LogP) is 9.38. The molecule has 0 bridgehead atoms. The lowest BCUT2D eigenvalue weighted by Crippen LogP contribution is -2.29. The first-order chi connectivity index (χ1) is 25.9. The summed E-state index contributed by atoms with van der Waals surface area (Å²) < 4.78 is 32.6. The van der Waals surface area contributed by atoms with Gasteiger partial charge in [-0.2, -0.15) is 0 Å². The quantitative estimate of drug-likeness (QED) is 0.0205. The monoisotopic (exact) mass is 787 g/mol. The Balaban J connectivity index is 4.42. The van der Waals surface area contributed by atoms with Gasteiger partial charge in [0.05, 0.1) is 25.9 Å². The summed E-state index contributed by atoms with van der Waals surface area (Å²) in [4.78, 5) is 34.9. The smallest absolute Gasteiger partial charge is 0.462 e. The molecular formula is C42H75O11P. The highest BCUT2D eigenvalue weighted by Crippen LogP contribution is 2.43. The topological polar surface area (TPSA) is 169 Å². The van der Waals surface area contributed by atoms with Crippen LogP contribution in [-0.4, -0.2) is 76.9 Å². The Hall–Kier alpha value is -2.11. The van der Waals surface area contributed by atoms with E-state index in [1.807, 2.05) is 19.1 Å². The molecule has 0 aliphatic carbocycles. The maximum Gasteiger partial charge on any atom is 0.472 e. The SMILES string of the molecule is CC(C)CCCCCCCCCCCCC(=O)O[C@H](COC(=O)CCC/C=C\C/C=C\C/C=C\C/C=C\CCC[C@@H](C)O)COP(=O)(O)OC[C@@H](O)CO. The number of hydrogen-bond donors (Lipinski definition) is 4. The van der Waals surface area contributed by atoms with Crippen molar-refractivity contribution < 1.29 is 52.9 Å². The van der Waals surface area contributed by atoms with Gasteiger partial charge >= 0.3 is 19.8 Å². The van der Waals surface area contributed by atoms with Crippen molar-refractivity contribution in [2.45, 2.75) is 174 Å². The zero-order valence-corrected chi connectivity index (χ0v) is 34.6. The van der Waals surface area contributed by atoms with E-state index in [-0.39, 0.29) is 25.6 Å². The van der Waals surface area contributed by atoms with Crippen molar-refractivity contribution in [2.24, 2.45) is 5.92 Å². The van der Waals surface area contributed by atoms with Crippen LogP contribution in [-0.2, 0) is 32.7 Å². The largest absolute Gasteiger partial charge is 0.472 e. The molecule has 0 aromatic rings. The molecule has 0 amide bonds. The Morgan fingerprint density at radius 1 is 0.593 bits per heavy atom. The minimum absolute atomic E-state index is 0.153. The van der Waals surface area contributed by atoms with Gasteiger partial charge in [0.2, 0.25) is 0 Å². The van der Waals surface area contributed by atoms with E-state index >= 15 is 0 Å². The third-order valence-corrected chi connectivity index (χ3v) is 9.38. The Morgan fingerprint density at radius 2 is 1.07 bits per heavy atom. The molecule has 0 aliphatic heterocycles. The van der Waals surface area contributed by atoms with E-state index in [1.165, 1.54) is 44.9 Å². The molecule has 1 unspecified atom stereocenters. The number of carbonyl (C=O) groups is 2. The highest BCUT2D eigenvalue weighted by atomic mass is 31.2. The molecule has 0 saturated carbocycles. The van der Waals surface area contributed by atoms with Gasteiger partial charge in [0, 0.05) is 12.8 Å². The number of phosphoric acid groups is 1. The third-order valence-electron chi connectivity index (χ3n) is 8.43. The van der Waals surface area contributed by atoms with Crippen molar-refractivity contribution in [2.75, 3.05) is 26.4 Å². The number of aliphatic hydroxyl groups excluding tert-OH is 3. The van der Waals surface area contributed by atoms with Crippen LogP contribution in [0.25, 0.3) is 0 Å². The molecular weight excluding hydrogens is 711 g/mol. The van der Waals surface area contributed by atoms with Crippen molar-refractivity contribution >= 4 is 19.8 Å². The van der Waals surface area contributed by atoms with Crippen LogP contribution in [0.15, 0.2) is 48.6 Å². The van der Waals surface area contributed by atoms with E-state index in [2.05, 4.69) is 54.8 Å². The second-order valence-corrected chi connectivity index (χ2v) is 15.9. The molecule has 0 saturated heterocycles. The van der Waals surface area contributed by atoms with E-state index in [0.717, 1.165) is 63.7 Å². The van der Waals surface area contributed by atoms with Crippen molar-refractivity contribution in [3.63, 3.8) is 0 Å². The van der Waals surface area contributed by atoms with Gasteiger partial charge in [0.1, 0.15) is 12.7 Å². The molecule has 0 aliphatic rings. The molecule has 0 heterocycles. The first kappa shape index (κ1) is 51.9. The van der Waals surface area contributed by atoms with Crippen LogP contribution < -0.4 is 0 Å². The number of phosphoric ester groups is 1. The zero-order chi connectivity index (χ0) is 40.1. The minimum Gasteiger partial charge on any atom is -0.462 e. The Kier molecular flexibility index (Phi) is 35.1. The fraction of sp³-hybridized carbons (Fsp3) is 0.762. The summed E-state index contributed by atoms with van der Waals surface area (Å²) in [7, 11) is -4.63. The molecule has 0 aromatic heterocycles. The van der Waals surface area contributed by atoms with Gasteiger partial charge in [0.25, 0.3) is 0 Å². The normalized spacial score (nSPS) is 15.1. The van der Waals surface area contributed by atoms with Gasteiger partial charge < -0.3 is 29.7 Å². The van der Waals surface area contributed by atoms with Crippen LogP contribution in [0.4, 0.5) is 0 Å². The van der Waals surface area contributed by atoms with Gasteiger partial charge in [-0.05, 0) is 70.6 Å². The number of carbonyl (C=O) groups excluding carboxylic acids is 2. The van der Waals surface area contributed by atoms with Gasteiger partial charge in [-0.1, -0.05) is 127 Å². The molecule has 4 atom stereocenters. The summed E-state index contributed by atoms with van der Waals surface area (Å²) in [6.07, 6.45) is 33.7. The minimum atomic E-state index is -4.63. The molecule has 0 fully saturated rings. The summed E-state index contributed by atoms with van der Waals surface area (Å²) in [6.45, 7) is 4.14. The number of esters is 2. The van der Waals surface area contributed by atoms with Crippen LogP contribution in [0.5, 0.6) is 0 Å². The lowest BCUT2D eigenvalue weighted by atomic mass is 10.0.